The van der Waals surface area contributed by atoms with Gasteiger partial charge in [-0.1, -0.05) is 47.7 Å². The lowest BCUT2D eigenvalue weighted by Crippen LogP contribution is -2.03. The second-order valence-electron chi connectivity index (χ2n) is 5.24. The van der Waals surface area contributed by atoms with Gasteiger partial charge < -0.3 is 5.11 Å². The Hall–Kier alpha value is -0.340. The fourth-order valence-electron chi connectivity index (χ4n) is 2.82. The Kier molecular flexibility index (Phi) is 4.63. The molecule has 0 saturated heterocycles. The summed E-state index contributed by atoms with van der Waals surface area (Å²) in [5, 5.41) is 10.3. The second-order valence-corrected chi connectivity index (χ2v) is 6.16. The van der Waals surface area contributed by atoms with Crippen LogP contribution in [0, 0.1) is 12.8 Å². The van der Waals surface area contributed by atoms with Crippen molar-refractivity contribution in [3.63, 3.8) is 0 Å². The number of halogens is 1. The molecule has 1 nitrogen and oxygen atoms in total. The number of aliphatic hydroxyl groups is 1. The highest BCUT2D eigenvalue weighted by Gasteiger charge is 2.18. The SMILES string of the molecule is Cc1ccc(Br)cc1C(O)CCC1CCCC1. The van der Waals surface area contributed by atoms with Gasteiger partial charge in [0.1, 0.15) is 0 Å². The maximum absolute atomic E-state index is 10.3. The molecule has 1 aliphatic rings. The fraction of sp³-hybridized carbons (Fsp3) is 0.600. The maximum Gasteiger partial charge on any atom is 0.0793 e. The number of hydrogen-bond donors (Lipinski definition) is 1. The zero-order valence-corrected chi connectivity index (χ0v) is 12.0. The van der Waals surface area contributed by atoms with Crippen LogP contribution in [0.3, 0.4) is 0 Å². The van der Waals surface area contributed by atoms with Crippen molar-refractivity contribution in [1.29, 1.82) is 0 Å². The van der Waals surface area contributed by atoms with E-state index in [4.69, 9.17) is 0 Å². The van der Waals surface area contributed by atoms with Gasteiger partial charge in [0.05, 0.1) is 6.10 Å². The van der Waals surface area contributed by atoms with Gasteiger partial charge in [-0.15, -0.1) is 0 Å². The van der Waals surface area contributed by atoms with E-state index in [1.165, 1.54) is 37.7 Å². The van der Waals surface area contributed by atoms with Gasteiger partial charge in [0.25, 0.3) is 0 Å². The molecule has 1 unspecified atom stereocenters. The molecule has 1 aromatic carbocycles. The molecule has 17 heavy (non-hydrogen) atoms. The maximum atomic E-state index is 10.3. The van der Waals surface area contributed by atoms with Crippen molar-refractivity contribution in [3.05, 3.63) is 33.8 Å². The summed E-state index contributed by atoms with van der Waals surface area (Å²) in [6.07, 6.45) is 7.28. The van der Waals surface area contributed by atoms with Crippen LogP contribution in [0.5, 0.6) is 0 Å². The minimum absolute atomic E-state index is 0.298. The van der Waals surface area contributed by atoms with E-state index in [9.17, 15) is 5.11 Å². The average molecular weight is 297 g/mol. The van der Waals surface area contributed by atoms with E-state index in [1.807, 2.05) is 6.07 Å². The lowest BCUT2D eigenvalue weighted by atomic mass is 9.94. The van der Waals surface area contributed by atoms with Crippen LogP contribution in [0.25, 0.3) is 0 Å². The molecule has 0 heterocycles. The van der Waals surface area contributed by atoms with Crippen molar-refractivity contribution in [1.82, 2.24) is 0 Å². The Labute approximate surface area is 112 Å². The van der Waals surface area contributed by atoms with Gasteiger partial charge >= 0.3 is 0 Å². The van der Waals surface area contributed by atoms with Gasteiger partial charge in [0, 0.05) is 4.47 Å². The zero-order valence-electron chi connectivity index (χ0n) is 10.5. The third-order valence-electron chi connectivity index (χ3n) is 3.92. The van der Waals surface area contributed by atoms with Crippen molar-refractivity contribution in [2.45, 2.75) is 51.6 Å². The molecule has 0 bridgehead atoms. The first-order valence-electron chi connectivity index (χ1n) is 6.61. The van der Waals surface area contributed by atoms with E-state index in [1.54, 1.807) is 0 Å². The van der Waals surface area contributed by atoms with Crippen molar-refractivity contribution in [3.8, 4) is 0 Å². The molecule has 1 aliphatic carbocycles. The molecular formula is C15H21BrO. The van der Waals surface area contributed by atoms with E-state index in [2.05, 4.69) is 35.0 Å². The number of rotatable bonds is 4. The number of aryl methyl sites for hydroxylation is 1. The van der Waals surface area contributed by atoms with Crippen LogP contribution in [-0.2, 0) is 0 Å². The summed E-state index contributed by atoms with van der Waals surface area (Å²) < 4.78 is 1.05. The molecule has 1 saturated carbocycles. The van der Waals surface area contributed by atoms with Crippen molar-refractivity contribution < 1.29 is 5.11 Å². The van der Waals surface area contributed by atoms with E-state index in [0.717, 1.165) is 22.4 Å². The third kappa shape index (κ3) is 3.56. The Bertz CT molecular complexity index is 369. The summed E-state index contributed by atoms with van der Waals surface area (Å²) in [7, 11) is 0. The molecule has 2 rings (SSSR count). The monoisotopic (exact) mass is 296 g/mol. The average Bonchev–Trinajstić information content (AvgIpc) is 2.82. The molecule has 2 heteroatoms. The summed E-state index contributed by atoms with van der Waals surface area (Å²) in [4.78, 5) is 0. The highest BCUT2D eigenvalue weighted by atomic mass is 79.9. The van der Waals surface area contributed by atoms with Crippen LogP contribution in [-0.4, -0.2) is 5.11 Å². The van der Waals surface area contributed by atoms with E-state index < -0.39 is 0 Å². The first-order chi connectivity index (χ1) is 8.16. The number of hydrogen-bond acceptors (Lipinski definition) is 1. The van der Waals surface area contributed by atoms with E-state index >= 15 is 0 Å². The molecule has 94 valence electrons. The highest BCUT2D eigenvalue weighted by Crippen LogP contribution is 2.32. The minimum atomic E-state index is -0.298. The van der Waals surface area contributed by atoms with Gasteiger partial charge in [0.2, 0.25) is 0 Å². The van der Waals surface area contributed by atoms with Crippen LogP contribution < -0.4 is 0 Å². The Balaban J connectivity index is 1.93. The molecule has 0 aromatic heterocycles. The molecule has 0 amide bonds. The first-order valence-corrected chi connectivity index (χ1v) is 7.40. The summed E-state index contributed by atoms with van der Waals surface area (Å²) in [5.41, 5.74) is 2.27. The molecule has 1 N–H and O–H groups in total. The molecule has 1 aromatic rings. The highest BCUT2D eigenvalue weighted by molar-refractivity contribution is 9.10. The number of aliphatic hydroxyl groups excluding tert-OH is 1. The topological polar surface area (TPSA) is 20.2 Å². The Morgan fingerprint density at radius 1 is 1.35 bits per heavy atom. The van der Waals surface area contributed by atoms with Crippen LogP contribution in [0.1, 0.15) is 55.8 Å². The summed E-state index contributed by atoms with van der Waals surface area (Å²) in [6.45, 7) is 2.07. The quantitative estimate of drug-likeness (QED) is 0.849. The van der Waals surface area contributed by atoms with Crippen LogP contribution >= 0.6 is 15.9 Å². The normalized spacial score (nSPS) is 18.5. The molecule has 1 fully saturated rings. The van der Waals surface area contributed by atoms with Gasteiger partial charge in [0.15, 0.2) is 0 Å². The molecular weight excluding hydrogens is 276 g/mol. The third-order valence-corrected chi connectivity index (χ3v) is 4.42. The van der Waals surface area contributed by atoms with Gasteiger partial charge in [-0.25, -0.2) is 0 Å². The van der Waals surface area contributed by atoms with E-state index in [0.29, 0.717) is 0 Å². The van der Waals surface area contributed by atoms with Gasteiger partial charge in [-0.05, 0) is 48.9 Å². The summed E-state index contributed by atoms with van der Waals surface area (Å²) >= 11 is 3.47. The van der Waals surface area contributed by atoms with Crippen LogP contribution in [0.15, 0.2) is 22.7 Å². The van der Waals surface area contributed by atoms with Crippen molar-refractivity contribution >= 4 is 15.9 Å². The lowest BCUT2D eigenvalue weighted by molar-refractivity contribution is 0.156. The minimum Gasteiger partial charge on any atom is -0.388 e. The lowest BCUT2D eigenvalue weighted by Gasteiger charge is -2.16. The summed E-state index contributed by atoms with van der Waals surface area (Å²) in [5.74, 6) is 0.858. The van der Waals surface area contributed by atoms with Crippen LogP contribution in [0.2, 0.25) is 0 Å². The fourth-order valence-corrected chi connectivity index (χ4v) is 3.20. The molecule has 0 aliphatic heterocycles. The molecule has 1 atom stereocenters. The van der Waals surface area contributed by atoms with Gasteiger partial charge in [-0.3, -0.25) is 0 Å². The van der Waals surface area contributed by atoms with E-state index in [-0.39, 0.29) is 6.10 Å². The zero-order chi connectivity index (χ0) is 12.3. The predicted molar refractivity (Wildman–Crippen MR) is 75.0 cm³/mol. The standard InChI is InChI=1S/C15H21BrO/c1-11-6-8-13(16)10-14(11)15(17)9-7-12-4-2-3-5-12/h6,8,10,12,15,17H,2-5,7,9H2,1H3. The predicted octanol–water partition coefficient (Wildman–Crippen LogP) is 4.76. The van der Waals surface area contributed by atoms with Crippen molar-refractivity contribution in [2.24, 2.45) is 5.92 Å². The largest absolute Gasteiger partial charge is 0.388 e. The first kappa shape index (κ1) is 13.1. The Morgan fingerprint density at radius 2 is 2.06 bits per heavy atom. The molecule has 0 spiro atoms. The smallest absolute Gasteiger partial charge is 0.0793 e. The van der Waals surface area contributed by atoms with Gasteiger partial charge in [-0.2, -0.15) is 0 Å². The number of benzene rings is 1. The van der Waals surface area contributed by atoms with Crippen LogP contribution in [0.4, 0.5) is 0 Å². The second kappa shape index (κ2) is 6.01. The summed E-state index contributed by atoms with van der Waals surface area (Å²) in [6, 6.07) is 6.15. The molecule has 0 radical (unpaired) electrons. The van der Waals surface area contributed by atoms with Crippen molar-refractivity contribution in [2.75, 3.05) is 0 Å². The Morgan fingerprint density at radius 3 is 2.76 bits per heavy atom.